The van der Waals surface area contributed by atoms with Gasteiger partial charge in [-0.15, -0.1) is 0 Å². The topological polar surface area (TPSA) is 100 Å². The molecule has 1 atom stereocenters. The first-order valence-corrected chi connectivity index (χ1v) is 13.4. The van der Waals surface area contributed by atoms with Crippen molar-refractivity contribution >= 4 is 17.1 Å². The second-order valence-electron chi connectivity index (χ2n) is 11.1. The number of fused-ring (bicyclic) bond motifs is 1. The van der Waals surface area contributed by atoms with E-state index in [2.05, 4.69) is 42.8 Å². The number of amides is 1. The predicted molar refractivity (Wildman–Crippen MR) is 147 cm³/mol. The highest BCUT2D eigenvalue weighted by Crippen LogP contribution is 2.30. The largest absolute Gasteiger partial charge is 0.444 e. The van der Waals surface area contributed by atoms with Crippen molar-refractivity contribution in [3.8, 4) is 11.3 Å². The summed E-state index contributed by atoms with van der Waals surface area (Å²) >= 11 is 0. The number of rotatable bonds is 5. The minimum atomic E-state index is -4.55. The van der Waals surface area contributed by atoms with Gasteiger partial charge in [0.25, 0.3) is 0 Å². The van der Waals surface area contributed by atoms with Gasteiger partial charge in [0.15, 0.2) is 0 Å². The van der Waals surface area contributed by atoms with Crippen LogP contribution in [-0.2, 0) is 17.3 Å². The standard InChI is InChI=1S/C29H32F3N7O2/c1-18(38-9-11-39(12-10-38)27(40)41-28(2,3)4)19-7-8-33-21(13-19)15-26-36-22-6-5-20(14-24(22)37-26)23-16-25(29(30,31)32)35-17-34-23/h5-8,13-14,16-18H,9-12,15H2,1-4H3,(H,36,37). The Morgan fingerprint density at radius 1 is 1.02 bits per heavy atom. The van der Waals surface area contributed by atoms with Crippen molar-refractivity contribution in [3.05, 3.63) is 71.7 Å². The number of benzene rings is 1. The zero-order chi connectivity index (χ0) is 29.4. The molecule has 0 aliphatic carbocycles. The SMILES string of the molecule is CC(c1ccnc(Cc2nc3ccc(-c4cc(C(F)(F)F)ncn4)cc3[nH]2)c1)N1CCN(C(=O)OC(C)(C)C)CC1. The molecule has 1 saturated heterocycles. The lowest BCUT2D eigenvalue weighted by molar-refractivity contribution is -0.141. The second kappa shape index (κ2) is 11.1. The van der Waals surface area contributed by atoms with E-state index in [4.69, 9.17) is 4.74 Å². The first kappa shape index (κ1) is 28.5. The maximum atomic E-state index is 13.1. The van der Waals surface area contributed by atoms with Crippen LogP contribution in [0.15, 0.2) is 48.9 Å². The minimum Gasteiger partial charge on any atom is -0.444 e. The molecule has 9 nitrogen and oxygen atoms in total. The third-order valence-corrected chi connectivity index (χ3v) is 6.97. The molecule has 1 aromatic carbocycles. The molecule has 0 spiro atoms. The van der Waals surface area contributed by atoms with Crippen LogP contribution in [0.5, 0.6) is 0 Å². The molecule has 1 aliphatic rings. The number of ether oxygens (including phenoxy) is 1. The van der Waals surface area contributed by atoms with Crippen molar-refractivity contribution in [1.82, 2.24) is 34.7 Å². The maximum absolute atomic E-state index is 13.1. The molecule has 1 N–H and O–H groups in total. The van der Waals surface area contributed by atoms with Crippen LogP contribution < -0.4 is 0 Å². The van der Waals surface area contributed by atoms with Gasteiger partial charge in [0, 0.05) is 56.1 Å². The van der Waals surface area contributed by atoms with Crippen LogP contribution >= 0.6 is 0 Å². The van der Waals surface area contributed by atoms with Crippen LogP contribution in [0.3, 0.4) is 0 Å². The highest BCUT2D eigenvalue weighted by molar-refractivity contribution is 5.81. The van der Waals surface area contributed by atoms with Gasteiger partial charge in [0.05, 0.1) is 16.7 Å². The first-order valence-electron chi connectivity index (χ1n) is 13.4. The Kier molecular flexibility index (Phi) is 7.69. The number of carbonyl (C=O) groups is 1. The molecule has 4 aromatic rings. The summed E-state index contributed by atoms with van der Waals surface area (Å²) < 4.78 is 44.8. The molecule has 4 heterocycles. The number of hydrogen-bond acceptors (Lipinski definition) is 7. The highest BCUT2D eigenvalue weighted by Gasteiger charge is 2.33. The summed E-state index contributed by atoms with van der Waals surface area (Å²) in [6.45, 7) is 10.4. The number of alkyl halides is 3. The molecular formula is C29H32F3N7O2. The van der Waals surface area contributed by atoms with Crippen LogP contribution in [0.2, 0.25) is 0 Å². The molecule has 12 heteroatoms. The van der Waals surface area contributed by atoms with Gasteiger partial charge in [0.2, 0.25) is 0 Å². The summed E-state index contributed by atoms with van der Waals surface area (Å²) in [4.78, 5) is 36.3. The fourth-order valence-corrected chi connectivity index (χ4v) is 4.83. The first-order chi connectivity index (χ1) is 19.4. The number of aromatic nitrogens is 5. The Bertz CT molecular complexity index is 1540. The second-order valence-corrected chi connectivity index (χ2v) is 11.1. The van der Waals surface area contributed by atoms with E-state index in [0.29, 0.717) is 41.9 Å². The van der Waals surface area contributed by atoms with Gasteiger partial charge >= 0.3 is 12.3 Å². The number of imidazole rings is 1. The summed E-state index contributed by atoms with van der Waals surface area (Å²) in [5, 5.41) is 0. The van der Waals surface area contributed by atoms with Gasteiger partial charge in [-0.3, -0.25) is 9.88 Å². The van der Waals surface area contributed by atoms with E-state index in [9.17, 15) is 18.0 Å². The van der Waals surface area contributed by atoms with Crippen molar-refractivity contribution in [2.24, 2.45) is 0 Å². The van der Waals surface area contributed by atoms with E-state index in [-0.39, 0.29) is 17.8 Å². The van der Waals surface area contributed by atoms with E-state index in [1.165, 1.54) is 0 Å². The number of carbonyl (C=O) groups excluding carboxylic acids is 1. The molecular weight excluding hydrogens is 535 g/mol. The van der Waals surface area contributed by atoms with E-state index in [1.807, 2.05) is 26.8 Å². The molecule has 0 saturated carbocycles. The van der Waals surface area contributed by atoms with Gasteiger partial charge in [-0.25, -0.2) is 19.7 Å². The Hall–Kier alpha value is -4.06. The van der Waals surface area contributed by atoms with Crippen molar-refractivity contribution < 1.29 is 22.7 Å². The molecule has 0 radical (unpaired) electrons. The molecule has 3 aromatic heterocycles. The third-order valence-electron chi connectivity index (χ3n) is 6.97. The summed E-state index contributed by atoms with van der Waals surface area (Å²) in [6.07, 6.45) is -1.66. The third kappa shape index (κ3) is 6.82. The lowest BCUT2D eigenvalue weighted by Gasteiger charge is -2.38. The van der Waals surface area contributed by atoms with Crippen molar-refractivity contribution in [2.45, 2.75) is 51.9 Å². The monoisotopic (exact) mass is 567 g/mol. The molecule has 1 aliphatic heterocycles. The van der Waals surface area contributed by atoms with Crippen LogP contribution in [-0.4, -0.2) is 72.6 Å². The van der Waals surface area contributed by atoms with Gasteiger partial charge in [-0.2, -0.15) is 13.2 Å². The van der Waals surface area contributed by atoms with Crippen LogP contribution in [0.4, 0.5) is 18.0 Å². The zero-order valence-corrected chi connectivity index (χ0v) is 23.4. The maximum Gasteiger partial charge on any atom is 0.433 e. The number of H-pyrrole nitrogens is 1. The Balaban J connectivity index is 1.26. The van der Waals surface area contributed by atoms with Gasteiger partial charge < -0.3 is 14.6 Å². The molecule has 1 unspecified atom stereocenters. The predicted octanol–water partition coefficient (Wildman–Crippen LogP) is 5.64. The van der Waals surface area contributed by atoms with Gasteiger partial charge in [-0.1, -0.05) is 6.07 Å². The number of nitrogens with one attached hydrogen (secondary N) is 1. The van der Waals surface area contributed by atoms with E-state index in [0.717, 1.165) is 36.7 Å². The molecule has 216 valence electrons. The zero-order valence-electron chi connectivity index (χ0n) is 23.4. The number of pyridine rings is 1. The fourth-order valence-electron chi connectivity index (χ4n) is 4.83. The number of aromatic amines is 1. The highest BCUT2D eigenvalue weighted by atomic mass is 19.4. The van der Waals surface area contributed by atoms with Crippen molar-refractivity contribution in [3.63, 3.8) is 0 Å². The average molecular weight is 568 g/mol. The average Bonchev–Trinajstić information content (AvgIpc) is 3.33. The Morgan fingerprint density at radius 3 is 2.49 bits per heavy atom. The molecule has 1 amide bonds. The summed E-state index contributed by atoms with van der Waals surface area (Å²) in [7, 11) is 0. The van der Waals surface area contributed by atoms with Crippen LogP contribution in [0, 0.1) is 0 Å². The summed E-state index contributed by atoms with van der Waals surface area (Å²) in [6, 6.07) is 10.3. The smallest absolute Gasteiger partial charge is 0.433 e. The normalized spacial score (nSPS) is 15.7. The molecule has 5 rings (SSSR count). The van der Waals surface area contributed by atoms with Crippen molar-refractivity contribution in [1.29, 1.82) is 0 Å². The Labute approximate surface area is 235 Å². The quantitative estimate of drug-likeness (QED) is 0.333. The summed E-state index contributed by atoms with van der Waals surface area (Å²) in [5.74, 6) is 0.694. The van der Waals surface area contributed by atoms with E-state index >= 15 is 0 Å². The molecule has 1 fully saturated rings. The van der Waals surface area contributed by atoms with Crippen LogP contribution in [0.1, 0.15) is 56.5 Å². The lowest BCUT2D eigenvalue weighted by atomic mass is 10.1. The van der Waals surface area contributed by atoms with E-state index in [1.54, 1.807) is 29.3 Å². The number of nitrogens with zero attached hydrogens (tertiary/aromatic N) is 6. The molecule has 41 heavy (non-hydrogen) atoms. The fraction of sp³-hybridized carbons (Fsp3) is 0.414. The van der Waals surface area contributed by atoms with E-state index < -0.39 is 17.5 Å². The summed E-state index contributed by atoms with van der Waals surface area (Å²) in [5.41, 5.74) is 2.54. The molecule has 0 bridgehead atoms. The number of halogens is 3. The number of hydrogen-bond donors (Lipinski definition) is 1. The lowest BCUT2D eigenvalue weighted by Crippen LogP contribution is -2.50. The number of piperazine rings is 1. The minimum absolute atomic E-state index is 0.130. The Morgan fingerprint density at radius 2 is 1.78 bits per heavy atom. The van der Waals surface area contributed by atoms with Gasteiger partial charge in [0.1, 0.15) is 23.4 Å². The van der Waals surface area contributed by atoms with Crippen molar-refractivity contribution in [2.75, 3.05) is 26.2 Å². The van der Waals surface area contributed by atoms with Crippen LogP contribution in [0.25, 0.3) is 22.3 Å². The van der Waals surface area contributed by atoms with Gasteiger partial charge in [-0.05, 0) is 63.6 Å².